The Hall–Kier alpha value is -1.11. The van der Waals surface area contributed by atoms with E-state index in [0.29, 0.717) is 12.8 Å². The van der Waals surface area contributed by atoms with Crippen LogP contribution in [0.3, 0.4) is 0 Å². The van der Waals surface area contributed by atoms with Gasteiger partial charge in [-0.05, 0) is 19.3 Å². The lowest BCUT2D eigenvalue weighted by Crippen LogP contribution is -2.33. The average Bonchev–Trinajstić information content (AvgIpc) is 3.27. The number of hydrogen-bond donors (Lipinski definition) is 0. The number of carbonyl (C=O) groups is 2. The second-order valence-corrected chi connectivity index (χ2v) is 22.3. The Kier molecular flexibility index (Phi) is 50.4. The van der Waals surface area contributed by atoms with Gasteiger partial charge in [-0.3, -0.25) is 9.59 Å². The lowest BCUT2D eigenvalue weighted by molar-refractivity contribution is -0.157. The van der Waals surface area contributed by atoms with Crippen molar-refractivity contribution in [1.29, 1.82) is 0 Å². The molecule has 382 valence electrons. The molecule has 0 aromatic carbocycles. The summed E-state index contributed by atoms with van der Waals surface area (Å²) in [6.45, 7) is 6.64. The van der Waals surface area contributed by atoms with E-state index < -0.39 is 15.9 Å². The van der Waals surface area contributed by atoms with Crippen molar-refractivity contribution in [2.24, 2.45) is 0 Å². The number of sulfone groups is 1. The molecule has 6 nitrogen and oxygen atoms in total. The highest BCUT2D eigenvalue weighted by molar-refractivity contribution is 7.91. The van der Waals surface area contributed by atoms with E-state index in [1.807, 2.05) is 0 Å². The van der Waals surface area contributed by atoms with Crippen molar-refractivity contribution in [2.75, 3.05) is 18.1 Å². The van der Waals surface area contributed by atoms with Gasteiger partial charge in [-0.1, -0.05) is 297 Å². The van der Waals surface area contributed by atoms with Gasteiger partial charge < -0.3 is 9.47 Å². The average molecular weight is 926 g/mol. The Morgan fingerprint density at radius 1 is 0.328 bits per heavy atom. The van der Waals surface area contributed by atoms with Crippen molar-refractivity contribution >= 4 is 21.8 Å². The second-order valence-electron chi connectivity index (χ2n) is 20.1. The van der Waals surface area contributed by atoms with Crippen LogP contribution in [0.25, 0.3) is 0 Å². The smallest absolute Gasteiger partial charge is 0.306 e. The topological polar surface area (TPSA) is 86.7 Å². The van der Waals surface area contributed by atoms with E-state index in [0.717, 1.165) is 57.8 Å². The Bertz CT molecular complexity index is 1060. The molecular formula is C57H112O6S. The van der Waals surface area contributed by atoms with Gasteiger partial charge in [0.1, 0.15) is 12.7 Å². The van der Waals surface area contributed by atoms with Crippen molar-refractivity contribution < 1.29 is 27.5 Å². The molecule has 0 aliphatic carbocycles. The summed E-state index contributed by atoms with van der Waals surface area (Å²) in [4.78, 5) is 25.6. The molecule has 0 amide bonds. The molecule has 0 aliphatic rings. The standard InChI is InChI=1S/C57H112O6S/c1-4-7-10-13-16-19-22-25-28-31-34-37-40-43-46-49-52-64(60,61)54-55(63-57(59)51-48-45-42-39-36-33-30-27-24-21-18-15-12-9-6-3)53-62-56(58)50-47-44-41-38-35-32-29-26-23-20-17-14-11-8-5-2/h55H,4-54H2,1-3H3/t55-/m0/s1. The molecule has 1 atom stereocenters. The summed E-state index contributed by atoms with van der Waals surface area (Å²) in [5.74, 6) is -0.891. The Labute approximate surface area is 400 Å². The number of rotatable bonds is 54. The maximum Gasteiger partial charge on any atom is 0.306 e. The van der Waals surface area contributed by atoms with Crippen LogP contribution in [0.15, 0.2) is 0 Å². The molecule has 0 heterocycles. The molecule has 0 N–H and O–H groups in total. The molecule has 0 rings (SSSR count). The van der Waals surface area contributed by atoms with Gasteiger partial charge in [-0.2, -0.15) is 0 Å². The highest BCUT2D eigenvalue weighted by atomic mass is 32.2. The normalized spacial score (nSPS) is 12.2. The molecule has 0 saturated heterocycles. The van der Waals surface area contributed by atoms with E-state index in [4.69, 9.17) is 9.47 Å². The summed E-state index contributed by atoms with van der Waals surface area (Å²) in [5.41, 5.74) is 0. The number of hydrogen-bond acceptors (Lipinski definition) is 6. The quantitative estimate of drug-likeness (QED) is 0.0446. The van der Waals surface area contributed by atoms with Crippen LogP contribution >= 0.6 is 0 Å². The first-order valence-corrected chi connectivity index (χ1v) is 30.7. The number of carbonyl (C=O) groups excluding carboxylic acids is 2. The van der Waals surface area contributed by atoms with E-state index >= 15 is 0 Å². The molecule has 0 radical (unpaired) electrons. The van der Waals surface area contributed by atoms with Crippen molar-refractivity contribution in [3.05, 3.63) is 0 Å². The minimum atomic E-state index is -3.46. The fraction of sp³-hybridized carbons (Fsp3) is 0.965. The minimum absolute atomic E-state index is 0.0889. The monoisotopic (exact) mass is 925 g/mol. The van der Waals surface area contributed by atoms with Crippen molar-refractivity contribution in [1.82, 2.24) is 0 Å². The Morgan fingerprint density at radius 3 is 0.844 bits per heavy atom. The van der Waals surface area contributed by atoms with Gasteiger partial charge in [0.05, 0.1) is 11.5 Å². The van der Waals surface area contributed by atoms with E-state index in [9.17, 15) is 18.0 Å². The summed E-state index contributed by atoms with van der Waals surface area (Å²) >= 11 is 0. The van der Waals surface area contributed by atoms with Crippen molar-refractivity contribution in [2.45, 2.75) is 335 Å². The lowest BCUT2D eigenvalue weighted by Gasteiger charge is -2.18. The van der Waals surface area contributed by atoms with Crippen molar-refractivity contribution in [3.8, 4) is 0 Å². The van der Waals surface area contributed by atoms with Crippen molar-refractivity contribution in [3.63, 3.8) is 0 Å². The molecular weight excluding hydrogens is 813 g/mol. The van der Waals surface area contributed by atoms with Gasteiger partial charge in [0.25, 0.3) is 0 Å². The third kappa shape index (κ3) is 50.3. The van der Waals surface area contributed by atoms with Gasteiger partial charge in [0.2, 0.25) is 0 Å². The lowest BCUT2D eigenvalue weighted by atomic mass is 10.0. The molecule has 7 heteroatoms. The molecule has 0 spiro atoms. The molecule has 64 heavy (non-hydrogen) atoms. The molecule has 0 saturated carbocycles. The molecule has 0 bridgehead atoms. The van der Waals surface area contributed by atoms with E-state index in [-0.39, 0.29) is 36.5 Å². The SMILES string of the molecule is CCCCCCCCCCCCCCCCCCS(=O)(=O)C[C@H](COC(=O)CCCCCCCCCCCCCCCCC)OC(=O)CCCCCCCCCCCCCCCCC. The summed E-state index contributed by atoms with van der Waals surface area (Å²) in [6.07, 6.45) is 57.5. The molecule has 0 aromatic rings. The Morgan fingerprint density at radius 2 is 0.562 bits per heavy atom. The third-order valence-electron chi connectivity index (χ3n) is 13.4. The highest BCUT2D eigenvalue weighted by Gasteiger charge is 2.24. The van der Waals surface area contributed by atoms with Crippen LogP contribution in [0, 0.1) is 0 Å². The maximum absolute atomic E-state index is 13.2. The van der Waals surface area contributed by atoms with E-state index in [1.54, 1.807) is 0 Å². The molecule has 0 unspecified atom stereocenters. The maximum atomic E-state index is 13.2. The van der Waals surface area contributed by atoms with Gasteiger partial charge in [0, 0.05) is 12.8 Å². The molecule has 0 aromatic heterocycles. The highest BCUT2D eigenvalue weighted by Crippen LogP contribution is 2.18. The largest absolute Gasteiger partial charge is 0.462 e. The van der Waals surface area contributed by atoms with Crippen LogP contribution in [0.5, 0.6) is 0 Å². The summed E-state index contributed by atoms with van der Waals surface area (Å²) in [7, 11) is -3.46. The van der Waals surface area contributed by atoms with Gasteiger partial charge >= 0.3 is 11.9 Å². The van der Waals surface area contributed by atoms with Crippen LogP contribution in [0.1, 0.15) is 329 Å². The first-order valence-electron chi connectivity index (χ1n) is 28.9. The Balaban J connectivity index is 4.42. The zero-order valence-electron chi connectivity index (χ0n) is 43.5. The van der Waals surface area contributed by atoms with E-state index in [2.05, 4.69) is 20.8 Å². The zero-order chi connectivity index (χ0) is 46.7. The van der Waals surface area contributed by atoms with Crippen LogP contribution in [0.2, 0.25) is 0 Å². The van der Waals surface area contributed by atoms with Crippen LogP contribution in [-0.2, 0) is 28.9 Å². The summed E-state index contributed by atoms with van der Waals surface area (Å²) in [6, 6.07) is 0. The number of esters is 2. The zero-order valence-corrected chi connectivity index (χ0v) is 44.3. The minimum Gasteiger partial charge on any atom is -0.462 e. The molecule has 0 fully saturated rings. The summed E-state index contributed by atoms with van der Waals surface area (Å²) < 4.78 is 37.7. The van der Waals surface area contributed by atoms with Gasteiger partial charge in [-0.25, -0.2) is 8.42 Å². The predicted octanol–water partition coefficient (Wildman–Crippen LogP) is 18.6. The van der Waals surface area contributed by atoms with E-state index in [1.165, 1.54) is 231 Å². The van der Waals surface area contributed by atoms with Gasteiger partial charge in [0.15, 0.2) is 9.84 Å². The number of unbranched alkanes of at least 4 members (excludes halogenated alkanes) is 43. The predicted molar refractivity (Wildman–Crippen MR) is 278 cm³/mol. The van der Waals surface area contributed by atoms with Crippen LogP contribution in [0.4, 0.5) is 0 Å². The van der Waals surface area contributed by atoms with Crippen LogP contribution < -0.4 is 0 Å². The second kappa shape index (κ2) is 51.3. The first-order chi connectivity index (χ1) is 31.3. The fourth-order valence-corrected chi connectivity index (χ4v) is 10.7. The number of ether oxygens (including phenoxy) is 2. The fourth-order valence-electron chi connectivity index (χ4n) is 9.14. The van der Waals surface area contributed by atoms with Crippen LogP contribution in [-0.4, -0.2) is 44.6 Å². The molecule has 0 aliphatic heterocycles. The third-order valence-corrected chi connectivity index (χ3v) is 15.2. The summed E-state index contributed by atoms with van der Waals surface area (Å²) in [5, 5.41) is 0. The van der Waals surface area contributed by atoms with Gasteiger partial charge in [-0.15, -0.1) is 0 Å². The first kappa shape index (κ1) is 62.9.